The smallest absolute Gasteiger partial charge is 0.326 e. The number of nitrogens with two attached hydrogens (primary N) is 1. The minimum absolute atomic E-state index is 0.0521. The number of halogens is 1. The van der Waals surface area contributed by atoms with Crippen molar-refractivity contribution in [3.8, 4) is 0 Å². The molecule has 1 aromatic heterocycles. The molecule has 2 aliphatic rings. The van der Waals surface area contributed by atoms with E-state index in [1.54, 1.807) is 0 Å². The first-order valence-electron chi connectivity index (χ1n) is 11.9. The summed E-state index contributed by atoms with van der Waals surface area (Å²) < 4.78 is 1.87. The van der Waals surface area contributed by atoms with Crippen LogP contribution in [0.2, 0.25) is 5.02 Å². The van der Waals surface area contributed by atoms with Crippen LogP contribution in [0.25, 0.3) is 11.0 Å². The molecule has 6 nitrogen and oxygen atoms in total. The van der Waals surface area contributed by atoms with Gasteiger partial charge in [0.1, 0.15) is 0 Å². The highest BCUT2D eigenvalue weighted by molar-refractivity contribution is 6.30. The topological polar surface area (TPSA) is 84.1 Å². The van der Waals surface area contributed by atoms with Gasteiger partial charge in [-0.3, -0.25) is 9.36 Å². The van der Waals surface area contributed by atoms with Crippen molar-refractivity contribution < 1.29 is 4.79 Å². The molecule has 3 N–H and O–H groups in total. The summed E-state index contributed by atoms with van der Waals surface area (Å²) >= 11 is 6.23. The number of aromatic amines is 1. The summed E-state index contributed by atoms with van der Waals surface area (Å²) in [7, 11) is 0. The summed E-state index contributed by atoms with van der Waals surface area (Å²) in [6, 6.07) is 15.9. The minimum atomic E-state index is -0.0921. The number of H-pyrrole nitrogens is 1. The summed E-state index contributed by atoms with van der Waals surface area (Å²) in [6.07, 6.45) is 5.11. The summed E-state index contributed by atoms with van der Waals surface area (Å²) in [5.41, 5.74) is 9.07. The number of amides is 1. The summed E-state index contributed by atoms with van der Waals surface area (Å²) in [4.78, 5) is 30.8. The second-order valence-corrected chi connectivity index (χ2v) is 10.1. The van der Waals surface area contributed by atoms with Gasteiger partial charge in [-0.2, -0.15) is 0 Å². The fraction of sp³-hybridized carbons (Fsp3) is 0.462. The number of rotatable bonds is 4. The van der Waals surface area contributed by atoms with Crippen LogP contribution in [0.3, 0.4) is 0 Å². The first-order valence-corrected chi connectivity index (χ1v) is 12.3. The zero-order valence-electron chi connectivity index (χ0n) is 18.8. The second kappa shape index (κ2) is 8.99. The maximum Gasteiger partial charge on any atom is 0.326 e. The highest BCUT2D eigenvalue weighted by Crippen LogP contribution is 2.42. The van der Waals surface area contributed by atoms with E-state index in [4.69, 9.17) is 17.3 Å². The monoisotopic (exact) mass is 466 g/mol. The van der Waals surface area contributed by atoms with Crippen LogP contribution >= 0.6 is 11.6 Å². The van der Waals surface area contributed by atoms with Gasteiger partial charge in [0.2, 0.25) is 5.91 Å². The Morgan fingerprint density at radius 3 is 2.48 bits per heavy atom. The lowest BCUT2D eigenvalue weighted by Crippen LogP contribution is -2.46. The standard InChI is InChI=1S/C26H31ClN4O2/c27-20-5-3-4-19(16-20)26(17-28)12-8-18(9-13-26)24(32)30-14-10-21(11-15-30)31-23-7-2-1-6-22(23)29-25(31)33/h1-7,16,18,21H,8-15,17,28H2,(H,29,33)/t18-,26-. The lowest BCUT2D eigenvalue weighted by atomic mass is 9.66. The van der Waals surface area contributed by atoms with Crippen molar-refractivity contribution in [2.45, 2.75) is 50.0 Å². The fourth-order valence-corrected chi connectivity index (χ4v) is 6.08. The van der Waals surface area contributed by atoms with Crippen molar-refractivity contribution in [2.24, 2.45) is 11.7 Å². The molecule has 1 saturated carbocycles. The van der Waals surface area contributed by atoms with E-state index in [9.17, 15) is 9.59 Å². The zero-order chi connectivity index (χ0) is 23.0. The summed E-state index contributed by atoms with van der Waals surface area (Å²) in [5, 5.41) is 0.732. The minimum Gasteiger partial charge on any atom is -0.342 e. The van der Waals surface area contributed by atoms with Crippen molar-refractivity contribution in [2.75, 3.05) is 19.6 Å². The molecule has 2 fully saturated rings. The fourth-order valence-electron chi connectivity index (χ4n) is 5.89. The molecule has 5 rings (SSSR count). The number of benzene rings is 2. The highest BCUT2D eigenvalue weighted by Gasteiger charge is 2.39. The number of imidazole rings is 1. The number of nitrogens with one attached hydrogen (secondary N) is 1. The van der Waals surface area contributed by atoms with Gasteiger partial charge < -0.3 is 15.6 Å². The molecule has 0 atom stereocenters. The molecular weight excluding hydrogens is 436 g/mol. The molecule has 0 unspecified atom stereocenters. The molecule has 0 radical (unpaired) electrons. The van der Waals surface area contributed by atoms with Gasteiger partial charge in [-0.1, -0.05) is 35.9 Å². The number of piperidine rings is 1. The zero-order valence-corrected chi connectivity index (χ0v) is 19.6. The average molecular weight is 467 g/mol. The van der Waals surface area contributed by atoms with Crippen LogP contribution in [0.15, 0.2) is 53.3 Å². The summed E-state index contributed by atoms with van der Waals surface area (Å²) in [6.45, 7) is 1.96. The Morgan fingerprint density at radius 2 is 1.79 bits per heavy atom. The number of carbonyl (C=O) groups is 1. The van der Waals surface area contributed by atoms with Gasteiger partial charge in [-0.15, -0.1) is 0 Å². The lowest BCUT2D eigenvalue weighted by Gasteiger charge is -2.41. The van der Waals surface area contributed by atoms with Gasteiger partial charge in [0.05, 0.1) is 11.0 Å². The van der Waals surface area contributed by atoms with Crippen molar-refractivity contribution in [3.63, 3.8) is 0 Å². The van der Waals surface area contributed by atoms with Crippen molar-refractivity contribution in [3.05, 3.63) is 69.6 Å². The Morgan fingerprint density at radius 1 is 1.06 bits per heavy atom. The van der Waals surface area contributed by atoms with E-state index in [0.29, 0.717) is 19.6 Å². The molecule has 1 aliphatic heterocycles. The average Bonchev–Trinajstić information content (AvgIpc) is 3.19. The molecule has 0 bridgehead atoms. The van der Waals surface area contributed by atoms with Crippen LogP contribution in [-0.4, -0.2) is 40.0 Å². The van der Waals surface area contributed by atoms with Gasteiger partial charge in [0.15, 0.2) is 0 Å². The molecule has 3 aromatic rings. The second-order valence-electron chi connectivity index (χ2n) is 9.64. The molecule has 1 aliphatic carbocycles. The first-order chi connectivity index (χ1) is 16.0. The predicted octanol–water partition coefficient (Wildman–Crippen LogP) is 4.23. The third-order valence-electron chi connectivity index (χ3n) is 7.88. The van der Waals surface area contributed by atoms with Crippen LogP contribution in [0.5, 0.6) is 0 Å². The largest absolute Gasteiger partial charge is 0.342 e. The molecule has 33 heavy (non-hydrogen) atoms. The Bertz CT molecular complexity index is 1200. The van der Waals surface area contributed by atoms with Gasteiger partial charge in [-0.25, -0.2) is 4.79 Å². The number of carbonyl (C=O) groups excluding carboxylic acids is 1. The lowest BCUT2D eigenvalue weighted by molar-refractivity contribution is -0.138. The molecule has 1 amide bonds. The molecule has 174 valence electrons. The maximum atomic E-state index is 13.3. The third kappa shape index (κ3) is 4.11. The number of likely N-dealkylation sites (tertiary alicyclic amines) is 1. The number of aromatic nitrogens is 2. The van der Waals surface area contributed by atoms with Gasteiger partial charge in [0.25, 0.3) is 0 Å². The molecule has 2 heterocycles. The van der Waals surface area contributed by atoms with E-state index in [-0.39, 0.29) is 29.0 Å². The molecule has 1 saturated heterocycles. The Balaban J connectivity index is 1.22. The van der Waals surface area contributed by atoms with E-state index in [2.05, 4.69) is 11.1 Å². The maximum absolute atomic E-state index is 13.3. The van der Waals surface area contributed by atoms with Crippen LogP contribution in [0.4, 0.5) is 0 Å². The Hall–Kier alpha value is -2.57. The molecule has 7 heteroatoms. The van der Waals surface area contributed by atoms with Crippen LogP contribution in [0.1, 0.15) is 50.1 Å². The van der Waals surface area contributed by atoms with Crippen molar-refractivity contribution in [1.29, 1.82) is 0 Å². The van der Waals surface area contributed by atoms with Gasteiger partial charge in [-0.05, 0) is 68.4 Å². The Labute approximate surface area is 198 Å². The normalized spacial score (nSPS) is 24.3. The summed E-state index contributed by atoms with van der Waals surface area (Å²) in [5.74, 6) is 0.313. The predicted molar refractivity (Wildman–Crippen MR) is 132 cm³/mol. The van der Waals surface area contributed by atoms with Gasteiger partial charge in [0, 0.05) is 42.0 Å². The SMILES string of the molecule is NC[C@]1(c2cccc(Cl)c2)CC[C@H](C(=O)N2CCC(n3c(=O)[nH]c4ccccc43)CC2)CC1. The number of fused-ring (bicyclic) bond motifs is 1. The van der Waals surface area contributed by atoms with Crippen molar-refractivity contribution in [1.82, 2.24) is 14.5 Å². The highest BCUT2D eigenvalue weighted by atomic mass is 35.5. The van der Waals surface area contributed by atoms with Crippen LogP contribution in [0, 0.1) is 5.92 Å². The van der Waals surface area contributed by atoms with Crippen LogP contribution in [-0.2, 0) is 10.2 Å². The van der Waals surface area contributed by atoms with Crippen molar-refractivity contribution >= 4 is 28.5 Å². The van der Waals surface area contributed by atoms with E-state index >= 15 is 0 Å². The number of hydrogen-bond donors (Lipinski definition) is 2. The Kier molecular flexibility index (Phi) is 6.06. The first kappa shape index (κ1) is 22.2. The number of para-hydroxylation sites is 2. The quantitative estimate of drug-likeness (QED) is 0.603. The van der Waals surface area contributed by atoms with E-state index in [1.165, 1.54) is 5.56 Å². The number of hydrogen-bond acceptors (Lipinski definition) is 3. The number of nitrogens with zero attached hydrogens (tertiary/aromatic N) is 2. The van der Waals surface area contributed by atoms with E-state index in [0.717, 1.165) is 54.6 Å². The third-order valence-corrected chi connectivity index (χ3v) is 8.12. The molecule has 2 aromatic carbocycles. The molecular formula is C26H31ClN4O2. The molecule has 0 spiro atoms. The van der Waals surface area contributed by atoms with Crippen LogP contribution < -0.4 is 11.4 Å². The van der Waals surface area contributed by atoms with Gasteiger partial charge >= 0.3 is 5.69 Å². The van der Waals surface area contributed by atoms with E-state index < -0.39 is 0 Å². The van der Waals surface area contributed by atoms with E-state index in [1.807, 2.05) is 51.9 Å².